The molecule has 0 N–H and O–H groups in total. The smallest absolute Gasteiger partial charge is 0.0378 e. The number of unbranched alkanes of at least 4 members (excludes halogenated alkanes) is 2. The highest BCUT2D eigenvalue weighted by Crippen LogP contribution is 2.31. The fourth-order valence-electron chi connectivity index (χ4n) is 1.94. The average molecular weight is 319 g/mol. The van der Waals surface area contributed by atoms with E-state index in [0.717, 1.165) is 0 Å². The second kappa shape index (κ2) is 15.9. The molecule has 0 spiro atoms. The van der Waals surface area contributed by atoms with Gasteiger partial charge in [0.05, 0.1) is 0 Å². The van der Waals surface area contributed by atoms with Gasteiger partial charge in [-0.2, -0.15) is 0 Å². The summed E-state index contributed by atoms with van der Waals surface area (Å²) in [4.78, 5) is 0. The summed E-state index contributed by atoms with van der Waals surface area (Å²) in [6.45, 7) is 27.1. The first-order chi connectivity index (χ1) is 8.68. The molecule has 0 rings (SSSR count). The second-order valence-corrected chi connectivity index (χ2v) is 9.57. The lowest BCUT2D eigenvalue weighted by Gasteiger charge is -2.28. The fourth-order valence-corrected chi connectivity index (χ4v) is 1.94. The van der Waals surface area contributed by atoms with Crippen LogP contribution < -0.4 is 0 Å². The van der Waals surface area contributed by atoms with Crippen molar-refractivity contribution < 1.29 is 0 Å². The van der Waals surface area contributed by atoms with E-state index in [-0.39, 0.29) is 14.9 Å². The zero-order valence-corrected chi connectivity index (χ0v) is 17.0. The molecule has 0 amide bonds. The standard InChI is InChI=1S/C9H20.C6H14.C5H12.2CH4/c1-8(2,3)7-9(4,5)6;1-5-6(2,3)4;1-3-5-4-2;;/h7H2,1-6H3;5H2,1-4H3;3-5H2,1-2H3;2*1H4. The summed E-state index contributed by atoms with van der Waals surface area (Å²) < 4.78 is 0. The van der Waals surface area contributed by atoms with Gasteiger partial charge in [-0.05, 0) is 22.7 Å². The zero-order chi connectivity index (χ0) is 17.0. The Morgan fingerprint density at radius 2 is 0.727 bits per heavy atom. The van der Waals surface area contributed by atoms with Gasteiger partial charge < -0.3 is 0 Å². The maximum Gasteiger partial charge on any atom is -0.0378 e. The van der Waals surface area contributed by atoms with Crippen molar-refractivity contribution in [3.63, 3.8) is 0 Å². The second-order valence-electron chi connectivity index (χ2n) is 9.57. The molecule has 0 aliphatic carbocycles. The van der Waals surface area contributed by atoms with E-state index >= 15 is 0 Å². The van der Waals surface area contributed by atoms with Crippen molar-refractivity contribution in [3.8, 4) is 0 Å². The minimum Gasteiger partial charge on any atom is -0.0776 e. The van der Waals surface area contributed by atoms with Crippen LogP contribution in [-0.2, 0) is 0 Å². The highest BCUT2D eigenvalue weighted by molar-refractivity contribution is 4.71. The zero-order valence-electron chi connectivity index (χ0n) is 17.0. The molecule has 142 valence electrons. The van der Waals surface area contributed by atoms with Crippen LogP contribution in [0, 0.1) is 16.2 Å². The topological polar surface area (TPSA) is 0 Å². The van der Waals surface area contributed by atoms with Crippen LogP contribution in [0.3, 0.4) is 0 Å². The summed E-state index contributed by atoms with van der Waals surface area (Å²) in [5, 5.41) is 0. The number of hydrogen-bond donors (Lipinski definition) is 0. The molecule has 0 fully saturated rings. The molecule has 0 aliphatic heterocycles. The van der Waals surface area contributed by atoms with Crippen molar-refractivity contribution in [3.05, 3.63) is 0 Å². The highest BCUT2D eigenvalue weighted by atomic mass is 14.3. The lowest BCUT2D eigenvalue weighted by Crippen LogP contribution is -2.16. The van der Waals surface area contributed by atoms with Crippen LogP contribution in [0.25, 0.3) is 0 Å². The summed E-state index contributed by atoms with van der Waals surface area (Å²) in [5.74, 6) is 0. The fraction of sp³-hybridized carbons (Fsp3) is 1.00. The minimum atomic E-state index is 0. The van der Waals surface area contributed by atoms with Crippen LogP contribution >= 0.6 is 0 Å². The minimum absolute atomic E-state index is 0. The molecule has 0 bridgehead atoms. The number of hydrogen-bond acceptors (Lipinski definition) is 0. The van der Waals surface area contributed by atoms with Gasteiger partial charge in [-0.15, -0.1) is 0 Å². The average Bonchev–Trinajstić information content (AvgIpc) is 2.14. The molecule has 0 aromatic rings. The van der Waals surface area contributed by atoms with E-state index in [1.807, 2.05) is 0 Å². The van der Waals surface area contributed by atoms with E-state index in [0.29, 0.717) is 16.2 Å². The molecule has 22 heavy (non-hydrogen) atoms. The van der Waals surface area contributed by atoms with Crippen molar-refractivity contribution in [2.75, 3.05) is 0 Å². The Morgan fingerprint density at radius 1 is 0.500 bits per heavy atom. The van der Waals surface area contributed by atoms with Gasteiger partial charge in [0.25, 0.3) is 0 Å². The predicted octanol–water partition coefficient (Wildman–Crippen LogP) is 9.38. The monoisotopic (exact) mass is 318 g/mol. The third-order valence-corrected chi connectivity index (χ3v) is 2.83. The first kappa shape index (κ1) is 33.6. The van der Waals surface area contributed by atoms with Crippen LogP contribution in [0.4, 0.5) is 0 Å². The first-order valence-electron chi connectivity index (χ1n) is 8.68. The van der Waals surface area contributed by atoms with E-state index in [2.05, 4.69) is 83.1 Å². The molecule has 0 aromatic carbocycles. The van der Waals surface area contributed by atoms with Crippen LogP contribution in [-0.4, -0.2) is 0 Å². The summed E-state index contributed by atoms with van der Waals surface area (Å²) in [7, 11) is 0. The summed E-state index contributed by atoms with van der Waals surface area (Å²) in [5.41, 5.74) is 1.51. The van der Waals surface area contributed by atoms with Gasteiger partial charge in [0.15, 0.2) is 0 Å². The molecule has 0 aliphatic rings. The van der Waals surface area contributed by atoms with E-state index < -0.39 is 0 Å². The Balaban J connectivity index is -0.0000000659. The van der Waals surface area contributed by atoms with Gasteiger partial charge >= 0.3 is 0 Å². The van der Waals surface area contributed by atoms with E-state index in [9.17, 15) is 0 Å². The van der Waals surface area contributed by atoms with Crippen LogP contribution in [0.2, 0.25) is 0 Å². The van der Waals surface area contributed by atoms with Crippen LogP contribution in [0.15, 0.2) is 0 Å². The van der Waals surface area contributed by atoms with Crippen molar-refractivity contribution in [1.82, 2.24) is 0 Å². The molecule has 0 saturated carbocycles. The van der Waals surface area contributed by atoms with E-state index in [4.69, 9.17) is 0 Å². The Hall–Kier alpha value is 0. The molecule has 0 heterocycles. The third kappa shape index (κ3) is 59.7. The molecular weight excluding hydrogens is 264 g/mol. The van der Waals surface area contributed by atoms with Crippen LogP contribution in [0.5, 0.6) is 0 Å². The molecule has 0 heteroatoms. The Kier molecular flexibility index (Phi) is 24.2. The van der Waals surface area contributed by atoms with Gasteiger partial charge in [-0.25, -0.2) is 0 Å². The first-order valence-corrected chi connectivity index (χ1v) is 8.68. The van der Waals surface area contributed by atoms with Crippen molar-refractivity contribution in [1.29, 1.82) is 0 Å². The molecule has 0 unspecified atom stereocenters. The quantitative estimate of drug-likeness (QED) is 0.475. The summed E-state index contributed by atoms with van der Waals surface area (Å²) in [6.07, 6.45) is 6.64. The van der Waals surface area contributed by atoms with Gasteiger partial charge in [0.1, 0.15) is 0 Å². The van der Waals surface area contributed by atoms with Crippen molar-refractivity contribution in [2.45, 2.75) is 130 Å². The lowest BCUT2D eigenvalue weighted by molar-refractivity contribution is 0.233. The van der Waals surface area contributed by atoms with Crippen molar-refractivity contribution >= 4 is 0 Å². The molecular formula is C22H54. The van der Waals surface area contributed by atoms with E-state index in [1.165, 1.54) is 32.1 Å². The van der Waals surface area contributed by atoms with E-state index in [1.54, 1.807) is 0 Å². The van der Waals surface area contributed by atoms with Crippen molar-refractivity contribution in [2.24, 2.45) is 16.2 Å². The molecule has 0 radical (unpaired) electrons. The Labute approximate surface area is 146 Å². The Bertz CT molecular complexity index is 166. The van der Waals surface area contributed by atoms with Gasteiger partial charge in [0, 0.05) is 0 Å². The number of rotatable bonds is 2. The maximum atomic E-state index is 2.29. The lowest BCUT2D eigenvalue weighted by atomic mass is 9.78. The maximum absolute atomic E-state index is 2.29. The van der Waals surface area contributed by atoms with Gasteiger partial charge in [-0.3, -0.25) is 0 Å². The SMILES string of the molecule is C.C.CC(C)(C)CC(C)(C)C.CCC(C)(C)C.CCCCC. The highest BCUT2D eigenvalue weighted by Gasteiger charge is 2.20. The molecule has 0 nitrogen and oxygen atoms in total. The summed E-state index contributed by atoms with van der Waals surface area (Å²) in [6, 6.07) is 0. The van der Waals surface area contributed by atoms with Gasteiger partial charge in [-0.1, -0.05) is 124 Å². The molecule has 0 saturated heterocycles. The Morgan fingerprint density at radius 3 is 0.727 bits per heavy atom. The molecule has 0 aromatic heterocycles. The largest absolute Gasteiger partial charge is 0.0776 e. The normalized spacial score (nSPS) is 10.9. The van der Waals surface area contributed by atoms with Crippen LogP contribution in [0.1, 0.15) is 130 Å². The third-order valence-electron chi connectivity index (χ3n) is 2.83. The summed E-state index contributed by atoms with van der Waals surface area (Å²) >= 11 is 0. The predicted molar refractivity (Wildman–Crippen MR) is 112 cm³/mol. The van der Waals surface area contributed by atoms with Gasteiger partial charge in [0.2, 0.25) is 0 Å². The molecule has 0 atom stereocenters.